The largest absolute Gasteiger partial charge is 0.383 e. The zero-order valence-corrected chi connectivity index (χ0v) is 16.9. The standard InChI is InChI=1S/C22H26N4O3/c1-16-6-3-7-17(14-16)21(27)24-11-5-8-18(15-24)26-20-19(9-4-10-23-20)25(22(26)28)12-13-29-2/h3-4,6-7,9-10,14,18H,5,8,11-13,15H2,1-2H3/t18-/m0/s1. The summed E-state index contributed by atoms with van der Waals surface area (Å²) in [6.45, 7) is 4.12. The van der Waals surface area contributed by atoms with Gasteiger partial charge in [-0.25, -0.2) is 9.78 Å². The van der Waals surface area contributed by atoms with Crippen LogP contribution >= 0.6 is 0 Å². The molecule has 7 heteroatoms. The van der Waals surface area contributed by atoms with Crippen molar-refractivity contribution in [2.24, 2.45) is 0 Å². The normalized spacial score (nSPS) is 17.0. The van der Waals surface area contributed by atoms with E-state index in [0.717, 1.165) is 23.9 Å². The molecular formula is C22H26N4O3. The second-order valence-corrected chi connectivity index (χ2v) is 7.56. The van der Waals surface area contributed by atoms with Crippen LogP contribution in [0.4, 0.5) is 0 Å². The van der Waals surface area contributed by atoms with Gasteiger partial charge in [0.1, 0.15) is 0 Å². The monoisotopic (exact) mass is 394 g/mol. The molecule has 3 aromatic rings. The number of ether oxygens (including phenoxy) is 1. The number of hydrogen-bond acceptors (Lipinski definition) is 4. The highest BCUT2D eigenvalue weighted by Gasteiger charge is 2.29. The number of piperidine rings is 1. The molecule has 29 heavy (non-hydrogen) atoms. The van der Waals surface area contributed by atoms with Crippen molar-refractivity contribution in [3.63, 3.8) is 0 Å². The molecule has 1 fully saturated rings. The molecule has 0 spiro atoms. The van der Waals surface area contributed by atoms with Crippen LogP contribution in [0, 0.1) is 6.92 Å². The Morgan fingerprint density at radius 3 is 2.93 bits per heavy atom. The van der Waals surface area contributed by atoms with Crippen LogP contribution in [0.3, 0.4) is 0 Å². The van der Waals surface area contributed by atoms with Crippen molar-refractivity contribution >= 4 is 17.1 Å². The van der Waals surface area contributed by atoms with E-state index in [1.54, 1.807) is 22.4 Å². The van der Waals surface area contributed by atoms with Gasteiger partial charge in [-0.2, -0.15) is 0 Å². The van der Waals surface area contributed by atoms with Gasteiger partial charge in [0.15, 0.2) is 5.65 Å². The number of amides is 1. The minimum Gasteiger partial charge on any atom is -0.383 e. The maximum Gasteiger partial charge on any atom is 0.330 e. The molecule has 0 bridgehead atoms. The van der Waals surface area contributed by atoms with Gasteiger partial charge in [0, 0.05) is 32.0 Å². The highest BCUT2D eigenvalue weighted by molar-refractivity contribution is 5.94. The van der Waals surface area contributed by atoms with Gasteiger partial charge in [-0.1, -0.05) is 17.7 Å². The summed E-state index contributed by atoms with van der Waals surface area (Å²) < 4.78 is 8.65. The third-order valence-corrected chi connectivity index (χ3v) is 5.55. The Morgan fingerprint density at radius 2 is 2.14 bits per heavy atom. The first-order valence-corrected chi connectivity index (χ1v) is 10.0. The van der Waals surface area contributed by atoms with Gasteiger partial charge in [0.05, 0.1) is 24.7 Å². The van der Waals surface area contributed by atoms with Crippen molar-refractivity contribution in [1.29, 1.82) is 0 Å². The summed E-state index contributed by atoms with van der Waals surface area (Å²) in [5.74, 6) is 0.0162. The molecule has 0 N–H and O–H groups in total. The summed E-state index contributed by atoms with van der Waals surface area (Å²) in [6.07, 6.45) is 3.40. The summed E-state index contributed by atoms with van der Waals surface area (Å²) in [6, 6.07) is 11.3. The highest BCUT2D eigenvalue weighted by Crippen LogP contribution is 2.25. The molecule has 0 radical (unpaired) electrons. The van der Waals surface area contributed by atoms with Gasteiger partial charge in [-0.05, 0) is 44.0 Å². The Bertz CT molecular complexity index is 1090. The summed E-state index contributed by atoms with van der Waals surface area (Å²) in [7, 11) is 1.62. The van der Waals surface area contributed by atoms with Crippen molar-refractivity contribution in [1.82, 2.24) is 19.0 Å². The average Bonchev–Trinajstić information content (AvgIpc) is 3.03. The van der Waals surface area contributed by atoms with Crippen LogP contribution in [0.15, 0.2) is 47.4 Å². The molecule has 1 amide bonds. The van der Waals surface area contributed by atoms with Crippen molar-refractivity contribution in [3.8, 4) is 0 Å². The number of rotatable bonds is 5. The molecule has 1 atom stereocenters. The fourth-order valence-corrected chi connectivity index (χ4v) is 4.15. The Balaban J connectivity index is 1.66. The molecule has 7 nitrogen and oxygen atoms in total. The maximum atomic E-state index is 13.2. The fourth-order valence-electron chi connectivity index (χ4n) is 4.15. The van der Waals surface area contributed by atoms with Crippen LogP contribution < -0.4 is 5.69 Å². The predicted octanol–water partition coefficient (Wildman–Crippen LogP) is 2.63. The van der Waals surface area contributed by atoms with E-state index in [-0.39, 0.29) is 17.6 Å². The smallest absolute Gasteiger partial charge is 0.330 e. The van der Waals surface area contributed by atoms with E-state index >= 15 is 0 Å². The molecule has 4 rings (SSSR count). The number of aromatic nitrogens is 3. The molecule has 0 aliphatic carbocycles. The second kappa shape index (κ2) is 8.21. The third-order valence-electron chi connectivity index (χ3n) is 5.55. The lowest BCUT2D eigenvalue weighted by Gasteiger charge is -2.33. The van der Waals surface area contributed by atoms with Crippen molar-refractivity contribution < 1.29 is 9.53 Å². The van der Waals surface area contributed by atoms with Gasteiger partial charge in [-0.15, -0.1) is 0 Å². The average molecular weight is 394 g/mol. The number of benzene rings is 1. The quantitative estimate of drug-likeness (QED) is 0.667. The summed E-state index contributed by atoms with van der Waals surface area (Å²) in [5.41, 5.74) is 3.13. The molecule has 2 aromatic heterocycles. The lowest BCUT2D eigenvalue weighted by molar-refractivity contribution is 0.0679. The molecule has 0 unspecified atom stereocenters. The van der Waals surface area contributed by atoms with Gasteiger partial charge in [-0.3, -0.25) is 13.9 Å². The van der Waals surface area contributed by atoms with E-state index in [2.05, 4.69) is 4.98 Å². The molecule has 1 aliphatic rings. The Kier molecular flexibility index (Phi) is 5.49. The van der Waals surface area contributed by atoms with Crippen LogP contribution in [0.5, 0.6) is 0 Å². The number of pyridine rings is 1. The lowest BCUT2D eigenvalue weighted by atomic mass is 10.0. The number of imidazole rings is 1. The lowest BCUT2D eigenvalue weighted by Crippen LogP contribution is -2.43. The minimum absolute atomic E-state index is 0.0162. The van der Waals surface area contributed by atoms with Crippen LogP contribution in [0.1, 0.15) is 34.8 Å². The first-order valence-electron chi connectivity index (χ1n) is 10.0. The van der Waals surface area contributed by atoms with Gasteiger partial charge in [0.2, 0.25) is 0 Å². The predicted molar refractivity (Wildman–Crippen MR) is 111 cm³/mol. The van der Waals surface area contributed by atoms with E-state index < -0.39 is 0 Å². The van der Waals surface area contributed by atoms with Crippen molar-refractivity contribution in [3.05, 3.63) is 64.2 Å². The maximum absolute atomic E-state index is 13.2. The molecule has 0 saturated carbocycles. The van der Waals surface area contributed by atoms with E-state index in [4.69, 9.17) is 4.74 Å². The number of nitrogens with zero attached hydrogens (tertiary/aromatic N) is 4. The number of methoxy groups -OCH3 is 1. The summed E-state index contributed by atoms with van der Waals surface area (Å²) in [5, 5.41) is 0. The molecule has 152 valence electrons. The first kappa shape index (κ1) is 19.4. The van der Waals surface area contributed by atoms with Gasteiger partial charge >= 0.3 is 5.69 Å². The number of likely N-dealkylation sites (tertiary alicyclic amines) is 1. The van der Waals surface area contributed by atoms with Crippen LogP contribution in [-0.4, -0.2) is 51.7 Å². The summed E-state index contributed by atoms with van der Waals surface area (Å²) >= 11 is 0. The van der Waals surface area contributed by atoms with E-state index in [1.165, 1.54) is 0 Å². The van der Waals surface area contributed by atoms with Gasteiger partial charge in [0.25, 0.3) is 5.91 Å². The Hall–Kier alpha value is -2.93. The zero-order chi connectivity index (χ0) is 20.4. The van der Waals surface area contributed by atoms with Crippen molar-refractivity contribution in [2.45, 2.75) is 32.4 Å². The van der Waals surface area contributed by atoms with E-state index in [1.807, 2.05) is 48.2 Å². The van der Waals surface area contributed by atoms with Gasteiger partial charge < -0.3 is 9.64 Å². The Labute approximate surface area is 169 Å². The zero-order valence-electron chi connectivity index (χ0n) is 16.9. The van der Waals surface area contributed by atoms with E-state index in [9.17, 15) is 9.59 Å². The number of fused-ring (bicyclic) bond motifs is 1. The highest BCUT2D eigenvalue weighted by atomic mass is 16.5. The van der Waals surface area contributed by atoms with Crippen molar-refractivity contribution in [2.75, 3.05) is 26.8 Å². The fraction of sp³-hybridized carbons (Fsp3) is 0.409. The number of carbonyl (C=O) groups excluding carboxylic acids is 1. The minimum atomic E-state index is -0.0920. The number of carbonyl (C=O) groups is 1. The topological polar surface area (TPSA) is 69.4 Å². The SMILES string of the molecule is COCCn1c(=O)n([C@H]2CCCN(C(=O)c3cccc(C)c3)C2)c2ncccc21. The summed E-state index contributed by atoms with van der Waals surface area (Å²) in [4.78, 5) is 32.6. The Morgan fingerprint density at radius 1 is 1.28 bits per heavy atom. The number of hydrogen-bond donors (Lipinski definition) is 0. The second-order valence-electron chi connectivity index (χ2n) is 7.56. The molecule has 1 saturated heterocycles. The molecular weight excluding hydrogens is 368 g/mol. The molecule has 3 heterocycles. The van der Waals surface area contributed by atoms with Crippen LogP contribution in [0.25, 0.3) is 11.2 Å². The van der Waals surface area contributed by atoms with E-state index in [0.29, 0.717) is 37.5 Å². The number of aryl methyl sites for hydroxylation is 1. The van der Waals surface area contributed by atoms with Crippen LogP contribution in [0.2, 0.25) is 0 Å². The third kappa shape index (κ3) is 3.70. The molecule has 1 aromatic carbocycles. The van der Waals surface area contributed by atoms with Crippen LogP contribution in [-0.2, 0) is 11.3 Å². The first-order chi connectivity index (χ1) is 14.1. The molecule has 1 aliphatic heterocycles.